The summed E-state index contributed by atoms with van der Waals surface area (Å²) in [5.41, 5.74) is 0.200. The van der Waals surface area contributed by atoms with Crippen LogP contribution >= 0.6 is 11.6 Å². The van der Waals surface area contributed by atoms with Crippen molar-refractivity contribution < 1.29 is 19.6 Å². The molecule has 2 aromatic carbocycles. The van der Waals surface area contributed by atoms with Crippen LogP contribution in [0, 0.1) is 10.1 Å². The van der Waals surface area contributed by atoms with Gasteiger partial charge in [-0.2, -0.15) is 0 Å². The summed E-state index contributed by atoms with van der Waals surface area (Å²) in [6, 6.07) is 7.69. The first-order valence-corrected chi connectivity index (χ1v) is 7.33. The molecule has 0 spiro atoms. The Kier molecular flexibility index (Phi) is 5.25. The summed E-state index contributed by atoms with van der Waals surface area (Å²) in [5, 5.41) is 23.5. The van der Waals surface area contributed by atoms with Crippen molar-refractivity contribution in [2.45, 2.75) is 13.0 Å². The molecule has 24 heavy (non-hydrogen) atoms. The molecule has 0 saturated heterocycles. The van der Waals surface area contributed by atoms with Gasteiger partial charge in [-0.25, -0.2) is 0 Å². The van der Waals surface area contributed by atoms with Gasteiger partial charge >= 0.3 is 0 Å². The van der Waals surface area contributed by atoms with Gasteiger partial charge in [-0.1, -0.05) is 11.6 Å². The summed E-state index contributed by atoms with van der Waals surface area (Å²) in [5.74, 6) is -0.0653. The number of aromatic hydroxyl groups is 1. The Balaban J connectivity index is 2.26. The lowest BCUT2D eigenvalue weighted by atomic mass is 10.1. The van der Waals surface area contributed by atoms with Gasteiger partial charge in [0, 0.05) is 17.7 Å². The van der Waals surface area contributed by atoms with E-state index in [9.17, 15) is 20.0 Å². The second-order valence-electron chi connectivity index (χ2n) is 5.04. The standard InChI is InChI=1S/C16H15ClN2O5/c1-9(12-8-11(24-2)4-6-15(12)20)18-16(21)13-7-10(19(22)23)3-5-14(13)17/h3-9,20H,1-2H3,(H,18,21). The Morgan fingerprint density at radius 2 is 2.04 bits per heavy atom. The highest BCUT2D eigenvalue weighted by molar-refractivity contribution is 6.33. The summed E-state index contributed by atoms with van der Waals surface area (Å²) in [6.45, 7) is 1.66. The lowest BCUT2D eigenvalue weighted by Crippen LogP contribution is -2.27. The van der Waals surface area contributed by atoms with Crippen molar-refractivity contribution in [3.63, 3.8) is 0 Å². The fourth-order valence-electron chi connectivity index (χ4n) is 2.16. The molecule has 0 aliphatic heterocycles. The second-order valence-corrected chi connectivity index (χ2v) is 5.45. The number of benzene rings is 2. The van der Waals surface area contributed by atoms with E-state index in [1.165, 1.54) is 25.3 Å². The van der Waals surface area contributed by atoms with Gasteiger partial charge in [0.05, 0.1) is 28.7 Å². The van der Waals surface area contributed by atoms with E-state index in [2.05, 4.69) is 5.32 Å². The van der Waals surface area contributed by atoms with Crippen molar-refractivity contribution in [3.05, 3.63) is 62.7 Å². The minimum Gasteiger partial charge on any atom is -0.508 e. The Bertz CT molecular complexity index is 794. The maximum Gasteiger partial charge on any atom is 0.270 e. The van der Waals surface area contributed by atoms with E-state index < -0.39 is 16.9 Å². The molecule has 126 valence electrons. The van der Waals surface area contributed by atoms with Gasteiger partial charge in [-0.05, 0) is 31.2 Å². The third-order valence-corrected chi connectivity index (χ3v) is 3.78. The molecule has 1 unspecified atom stereocenters. The van der Waals surface area contributed by atoms with Crippen molar-refractivity contribution in [1.29, 1.82) is 0 Å². The molecule has 0 aromatic heterocycles. The van der Waals surface area contributed by atoms with Crippen LogP contribution in [-0.4, -0.2) is 23.0 Å². The molecule has 7 nitrogen and oxygen atoms in total. The third kappa shape index (κ3) is 3.75. The monoisotopic (exact) mass is 350 g/mol. The van der Waals surface area contributed by atoms with Crippen LogP contribution in [0.5, 0.6) is 11.5 Å². The molecule has 0 fully saturated rings. The number of halogens is 1. The lowest BCUT2D eigenvalue weighted by Gasteiger charge is -2.17. The fraction of sp³-hybridized carbons (Fsp3) is 0.188. The SMILES string of the molecule is COc1ccc(O)c(C(C)NC(=O)c2cc([N+](=O)[O-])ccc2Cl)c1. The normalized spacial score (nSPS) is 11.6. The highest BCUT2D eigenvalue weighted by Crippen LogP contribution is 2.29. The molecule has 2 rings (SSSR count). The van der Waals surface area contributed by atoms with E-state index in [1.807, 2.05) is 0 Å². The Morgan fingerprint density at radius 3 is 2.67 bits per heavy atom. The minimum absolute atomic E-state index is 0.00580. The molecular formula is C16H15ClN2O5. The van der Waals surface area contributed by atoms with E-state index >= 15 is 0 Å². The summed E-state index contributed by atoms with van der Waals surface area (Å²) in [7, 11) is 1.49. The molecular weight excluding hydrogens is 336 g/mol. The number of nitro groups is 1. The number of hydrogen-bond donors (Lipinski definition) is 2. The number of phenolic OH excluding ortho intramolecular Hbond substituents is 1. The minimum atomic E-state index is -0.607. The molecule has 1 amide bonds. The van der Waals surface area contributed by atoms with Crippen molar-refractivity contribution in [3.8, 4) is 11.5 Å². The van der Waals surface area contributed by atoms with Crippen LogP contribution in [-0.2, 0) is 0 Å². The number of rotatable bonds is 5. The molecule has 0 saturated carbocycles. The molecule has 8 heteroatoms. The quantitative estimate of drug-likeness (QED) is 0.635. The topological polar surface area (TPSA) is 102 Å². The van der Waals surface area contributed by atoms with Crippen molar-refractivity contribution >= 4 is 23.2 Å². The number of ether oxygens (including phenoxy) is 1. The first-order chi connectivity index (χ1) is 11.3. The summed E-state index contributed by atoms with van der Waals surface area (Å²) in [6.07, 6.45) is 0. The van der Waals surface area contributed by atoms with Crippen LogP contribution in [0.15, 0.2) is 36.4 Å². The van der Waals surface area contributed by atoms with E-state index in [-0.39, 0.29) is 22.0 Å². The van der Waals surface area contributed by atoms with Crippen molar-refractivity contribution in [2.24, 2.45) is 0 Å². The number of methoxy groups -OCH3 is 1. The molecule has 0 heterocycles. The van der Waals surface area contributed by atoms with Gasteiger partial charge < -0.3 is 15.2 Å². The third-order valence-electron chi connectivity index (χ3n) is 3.45. The van der Waals surface area contributed by atoms with Gasteiger partial charge in [0.15, 0.2) is 0 Å². The zero-order chi connectivity index (χ0) is 17.9. The smallest absolute Gasteiger partial charge is 0.270 e. The largest absolute Gasteiger partial charge is 0.508 e. The number of nitrogens with zero attached hydrogens (tertiary/aromatic N) is 1. The average Bonchev–Trinajstić information content (AvgIpc) is 2.55. The molecule has 0 aliphatic rings. The van der Waals surface area contributed by atoms with Gasteiger partial charge in [0.1, 0.15) is 11.5 Å². The van der Waals surface area contributed by atoms with E-state index in [0.29, 0.717) is 11.3 Å². The zero-order valence-corrected chi connectivity index (χ0v) is 13.7. The van der Waals surface area contributed by atoms with Gasteiger partial charge in [0.25, 0.3) is 11.6 Å². The Hall–Kier alpha value is -2.80. The first kappa shape index (κ1) is 17.6. The highest BCUT2D eigenvalue weighted by Gasteiger charge is 2.19. The van der Waals surface area contributed by atoms with Crippen LogP contribution in [0.3, 0.4) is 0 Å². The highest BCUT2D eigenvalue weighted by atomic mass is 35.5. The molecule has 0 bridgehead atoms. The number of phenols is 1. The second kappa shape index (κ2) is 7.18. The van der Waals surface area contributed by atoms with Crippen molar-refractivity contribution in [1.82, 2.24) is 5.32 Å². The lowest BCUT2D eigenvalue weighted by molar-refractivity contribution is -0.384. The van der Waals surface area contributed by atoms with Crippen LogP contribution in [0.4, 0.5) is 5.69 Å². The number of amides is 1. The van der Waals surface area contributed by atoms with Gasteiger partial charge in [-0.15, -0.1) is 0 Å². The van der Waals surface area contributed by atoms with E-state index in [1.54, 1.807) is 19.1 Å². The number of nitro benzene ring substituents is 1. The maximum absolute atomic E-state index is 12.4. The van der Waals surface area contributed by atoms with Crippen LogP contribution in [0.25, 0.3) is 0 Å². The maximum atomic E-state index is 12.4. The number of hydrogen-bond acceptors (Lipinski definition) is 5. The molecule has 2 aromatic rings. The molecule has 2 N–H and O–H groups in total. The summed E-state index contributed by atoms with van der Waals surface area (Å²) < 4.78 is 5.09. The van der Waals surface area contributed by atoms with Gasteiger partial charge in [-0.3, -0.25) is 14.9 Å². The predicted octanol–water partition coefficient (Wildman–Crippen LogP) is 3.45. The number of non-ortho nitro benzene ring substituents is 1. The van der Waals surface area contributed by atoms with Crippen molar-refractivity contribution in [2.75, 3.05) is 7.11 Å². The van der Waals surface area contributed by atoms with Crippen LogP contribution < -0.4 is 10.1 Å². The Morgan fingerprint density at radius 1 is 1.33 bits per heavy atom. The number of nitrogens with one attached hydrogen (secondary N) is 1. The predicted molar refractivity (Wildman–Crippen MR) is 88.6 cm³/mol. The molecule has 1 atom stereocenters. The van der Waals surface area contributed by atoms with Crippen LogP contribution in [0.1, 0.15) is 28.9 Å². The zero-order valence-electron chi connectivity index (χ0n) is 12.9. The fourth-order valence-corrected chi connectivity index (χ4v) is 2.36. The molecule has 0 radical (unpaired) electrons. The van der Waals surface area contributed by atoms with E-state index in [4.69, 9.17) is 16.3 Å². The van der Waals surface area contributed by atoms with Crippen LogP contribution in [0.2, 0.25) is 5.02 Å². The summed E-state index contributed by atoms with van der Waals surface area (Å²) >= 11 is 5.95. The first-order valence-electron chi connectivity index (χ1n) is 6.95. The Labute approximate surface area is 143 Å². The van der Waals surface area contributed by atoms with Gasteiger partial charge in [0.2, 0.25) is 0 Å². The number of carbonyl (C=O) groups excluding carboxylic acids is 1. The molecule has 0 aliphatic carbocycles. The van der Waals surface area contributed by atoms with E-state index in [0.717, 1.165) is 6.07 Å². The number of carbonyl (C=O) groups is 1. The summed E-state index contributed by atoms with van der Waals surface area (Å²) in [4.78, 5) is 22.6. The average molecular weight is 351 g/mol.